The standard InChI is InChI=1S/C12H15N3S/c1-8-5-4-6-10(9(8)2)12(13-3)11-7-14-15-16-11/h4-7,12-13H,1-3H3. The van der Waals surface area contributed by atoms with E-state index in [1.807, 2.05) is 13.2 Å². The molecule has 16 heavy (non-hydrogen) atoms. The maximum absolute atomic E-state index is 3.92. The van der Waals surface area contributed by atoms with Crippen molar-refractivity contribution in [2.24, 2.45) is 0 Å². The van der Waals surface area contributed by atoms with E-state index < -0.39 is 0 Å². The van der Waals surface area contributed by atoms with Crippen LogP contribution in [0.5, 0.6) is 0 Å². The third-order valence-corrected chi connectivity index (χ3v) is 3.64. The van der Waals surface area contributed by atoms with Gasteiger partial charge in [0.05, 0.1) is 17.1 Å². The van der Waals surface area contributed by atoms with Crippen LogP contribution in [0.1, 0.15) is 27.6 Å². The van der Waals surface area contributed by atoms with Gasteiger partial charge in [-0.15, -0.1) is 5.10 Å². The number of nitrogens with one attached hydrogen (secondary N) is 1. The summed E-state index contributed by atoms with van der Waals surface area (Å²) in [4.78, 5) is 1.15. The quantitative estimate of drug-likeness (QED) is 0.885. The lowest BCUT2D eigenvalue weighted by Gasteiger charge is -2.17. The Morgan fingerprint density at radius 2 is 2.12 bits per heavy atom. The van der Waals surface area contributed by atoms with Crippen LogP contribution in [0.15, 0.2) is 24.4 Å². The molecule has 1 aromatic heterocycles. The molecule has 0 radical (unpaired) electrons. The summed E-state index contributed by atoms with van der Waals surface area (Å²) in [5, 5.41) is 7.22. The number of hydrogen-bond acceptors (Lipinski definition) is 4. The smallest absolute Gasteiger partial charge is 0.0703 e. The highest BCUT2D eigenvalue weighted by atomic mass is 32.1. The molecule has 1 heterocycles. The first-order chi connectivity index (χ1) is 7.74. The third kappa shape index (κ3) is 1.99. The highest BCUT2D eigenvalue weighted by molar-refractivity contribution is 7.05. The Morgan fingerprint density at radius 3 is 2.75 bits per heavy atom. The lowest BCUT2D eigenvalue weighted by molar-refractivity contribution is 0.697. The van der Waals surface area contributed by atoms with E-state index in [9.17, 15) is 0 Å². The molecule has 0 saturated heterocycles. The van der Waals surface area contributed by atoms with Crippen LogP contribution >= 0.6 is 11.5 Å². The average Bonchev–Trinajstić information content (AvgIpc) is 2.79. The van der Waals surface area contributed by atoms with Gasteiger partial charge in [0.25, 0.3) is 0 Å². The highest BCUT2D eigenvalue weighted by Crippen LogP contribution is 2.27. The van der Waals surface area contributed by atoms with E-state index in [0.29, 0.717) is 0 Å². The van der Waals surface area contributed by atoms with Crippen molar-refractivity contribution in [2.45, 2.75) is 19.9 Å². The maximum atomic E-state index is 3.92. The second-order valence-corrected chi connectivity index (χ2v) is 4.65. The number of aromatic nitrogens is 2. The summed E-state index contributed by atoms with van der Waals surface area (Å²) in [5.41, 5.74) is 3.94. The molecule has 0 aliphatic rings. The Hall–Kier alpha value is -1.26. The molecule has 0 amide bonds. The van der Waals surface area contributed by atoms with Crippen LogP contribution < -0.4 is 5.32 Å². The van der Waals surface area contributed by atoms with E-state index in [4.69, 9.17) is 0 Å². The lowest BCUT2D eigenvalue weighted by Crippen LogP contribution is -2.17. The molecule has 0 bridgehead atoms. The van der Waals surface area contributed by atoms with Crippen molar-refractivity contribution in [2.75, 3.05) is 7.05 Å². The van der Waals surface area contributed by atoms with Crippen molar-refractivity contribution >= 4 is 11.5 Å². The second-order valence-electron chi connectivity index (χ2n) is 3.83. The fourth-order valence-corrected chi connectivity index (χ4v) is 2.47. The fraction of sp³-hybridized carbons (Fsp3) is 0.333. The van der Waals surface area contributed by atoms with Crippen LogP contribution in [0.25, 0.3) is 0 Å². The summed E-state index contributed by atoms with van der Waals surface area (Å²) < 4.78 is 3.92. The molecule has 1 N–H and O–H groups in total. The molecular weight excluding hydrogens is 218 g/mol. The Balaban J connectivity index is 2.45. The van der Waals surface area contributed by atoms with Crippen molar-refractivity contribution in [1.29, 1.82) is 0 Å². The number of hydrogen-bond donors (Lipinski definition) is 1. The van der Waals surface area contributed by atoms with Crippen molar-refractivity contribution in [3.63, 3.8) is 0 Å². The monoisotopic (exact) mass is 233 g/mol. The zero-order chi connectivity index (χ0) is 11.5. The van der Waals surface area contributed by atoms with Crippen molar-refractivity contribution < 1.29 is 0 Å². The molecule has 4 heteroatoms. The molecule has 1 aromatic carbocycles. The first-order valence-electron chi connectivity index (χ1n) is 5.24. The third-order valence-electron chi connectivity index (χ3n) is 2.91. The number of rotatable bonds is 3. The van der Waals surface area contributed by atoms with Gasteiger partial charge in [-0.2, -0.15) is 0 Å². The lowest BCUT2D eigenvalue weighted by atomic mass is 9.97. The Labute approximate surface area is 99.7 Å². The summed E-state index contributed by atoms with van der Waals surface area (Å²) >= 11 is 1.44. The topological polar surface area (TPSA) is 37.8 Å². The minimum absolute atomic E-state index is 0.194. The summed E-state index contributed by atoms with van der Waals surface area (Å²) in [5.74, 6) is 0. The summed E-state index contributed by atoms with van der Waals surface area (Å²) in [6, 6.07) is 6.58. The Kier molecular flexibility index (Phi) is 3.31. The predicted octanol–water partition coefficient (Wildman–Crippen LogP) is 2.46. The van der Waals surface area contributed by atoms with Gasteiger partial charge in [0.1, 0.15) is 0 Å². The summed E-state index contributed by atoms with van der Waals surface area (Å²) in [6.07, 6.45) is 1.83. The zero-order valence-corrected chi connectivity index (χ0v) is 10.5. The SMILES string of the molecule is CNC(c1cnns1)c1cccc(C)c1C. The van der Waals surface area contributed by atoms with E-state index in [0.717, 1.165) is 4.88 Å². The molecule has 0 aliphatic carbocycles. The first kappa shape index (κ1) is 11.2. The van der Waals surface area contributed by atoms with E-state index >= 15 is 0 Å². The van der Waals surface area contributed by atoms with E-state index in [1.165, 1.54) is 28.2 Å². The number of benzene rings is 1. The molecular formula is C12H15N3S. The van der Waals surface area contributed by atoms with Crippen molar-refractivity contribution in [1.82, 2.24) is 14.9 Å². The van der Waals surface area contributed by atoms with Gasteiger partial charge in [0.2, 0.25) is 0 Å². The average molecular weight is 233 g/mol. The van der Waals surface area contributed by atoms with Gasteiger partial charge in [-0.3, -0.25) is 0 Å². The van der Waals surface area contributed by atoms with E-state index in [-0.39, 0.29) is 6.04 Å². The second kappa shape index (κ2) is 4.72. The molecule has 0 aliphatic heterocycles. The highest BCUT2D eigenvalue weighted by Gasteiger charge is 2.16. The van der Waals surface area contributed by atoms with Gasteiger partial charge in [0, 0.05) is 0 Å². The minimum atomic E-state index is 0.194. The van der Waals surface area contributed by atoms with Crippen molar-refractivity contribution in [3.05, 3.63) is 46.0 Å². The number of aryl methyl sites for hydroxylation is 1. The Morgan fingerprint density at radius 1 is 1.31 bits per heavy atom. The number of nitrogens with zero attached hydrogens (tertiary/aromatic N) is 2. The fourth-order valence-electron chi connectivity index (χ4n) is 1.84. The Bertz CT molecular complexity index is 465. The molecule has 0 spiro atoms. The van der Waals surface area contributed by atoms with Gasteiger partial charge in [0.15, 0.2) is 0 Å². The normalized spacial score (nSPS) is 12.7. The molecule has 1 unspecified atom stereocenters. The first-order valence-corrected chi connectivity index (χ1v) is 6.02. The van der Waals surface area contributed by atoms with Crippen LogP contribution in [0.3, 0.4) is 0 Å². The van der Waals surface area contributed by atoms with Crippen molar-refractivity contribution in [3.8, 4) is 0 Å². The molecule has 0 saturated carbocycles. The van der Waals surface area contributed by atoms with E-state index in [1.54, 1.807) is 0 Å². The van der Waals surface area contributed by atoms with Crippen LogP contribution in [0.2, 0.25) is 0 Å². The van der Waals surface area contributed by atoms with Crippen LogP contribution in [0.4, 0.5) is 0 Å². The van der Waals surface area contributed by atoms with Crippen LogP contribution in [-0.4, -0.2) is 16.6 Å². The van der Waals surface area contributed by atoms with Gasteiger partial charge in [-0.1, -0.05) is 22.7 Å². The minimum Gasteiger partial charge on any atom is -0.309 e. The van der Waals surface area contributed by atoms with E-state index in [2.05, 4.69) is 47.0 Å². The van der Waals surface area contributed by atoms with Gasteiger partial charge in [-0.05, 0) is 49.1 Å². The molecule has 2 rings (SSSR count). The van der Waals surface area contributed by atoms with Gasteiger partial charge in [-0.25, -0.2) is 0 Å². The zero-order valence-electron chi connectivity index (χ0n) is 9.69. The maximum Gasteiger partial charge on any atom is 0.0703 e. The molecule has 0 fully saturated rings. The molecule has 84 valence electrons. The molecule has 1 atom stereocenters. The van der Waals surface area contributed by atoms with Gasteiger partial charge < -0.3 is 5.32 Å². The van der Waals surface area contributed by atoms with Crippen LogP contribution in [0, 0.1) is 13.8 Å². The largest absolute Gasteiger partial charge is 0.309 e. The molecule has 3 nitrogen and oxygen atoms in total. The molecule has 2 aromatic rings. The van der Waals surface area contributed by atoms with Gasteiger partial charge >= 0.3 is 0 Å². The van der Waals surface area contributed by atoms with Crippen LogP contribution in [-0.2, 0) is 0 Å². The summed E-state index contributed by atoms with van der Waals surface area (Å²) in [6.45, 7) is 4.29. The summed E-state index contributed by atoms with van der Waals surface area (Å²) in [7, 11) is 1.96. The predicted molar refractivity (Wildman–Crippen MR) is 66.7 cm³/mol.